The maximum atomic E-state index is 5.69. The van der Waals surface area contributed by atoms with Gasteiger partial charge in [-0.05, 0) is 36.8 Å². The van der Waals surface area contributed by atoms with Crippen molar-refractivity contribution in [3.63, 3.8) is 0 Å². The summed E-state index contributed by atoms with van der Waals surface area (Å²) in [4.78, 5) is 0. The molecule has 1 unspecified atom stereocenters. The van der Waals surface area contributed by atoms with Gasteiger partial charge in [0.2, 0.25) is 0 Å². The first kappa shape index (κ1) is 9.91. The molecule has 0 amide bonds. The van der Waals surface area contributed by atoms with Crippen LogP contribution in [0, 0.1) is 0 Å². The lowest BCUT2D eigenvalue weighted by Gasteiger charge is -2.22. The molecule has 1 nitrogen and oxygen atoms in total. The van der Waals surface area contributed by atoms with Crippen molar-refractivity contribution >= 4 is 17.4 Å². The summed E-state index contributed by atoms with van der Waals surface area (Å²) in [5, 5.41) is 0.714. The molecule has 1 aliphatic carbocycles. The van der Waals surface area contributed by atoms with Gasteiger partial charge in [0.05, 0.1) is 0 Å². The molecule has 0 aromatic heterocycles. The van der Waals surface area contributed by atoms with Gasteiger partial charge >= 0.3 is 0 Å². The van der Waals surface area contributed by atoms with Gasteiger partial charge in [0.25, 0.3) is 0 Å². The molecular weight excluding hydrogens is 190 g/mol. The molecule has 0 spiro atoms. The molecule has 0 heterocycles. The predicted octanol–water partition coefficient (Wildman–Crippen LogP) is 3.05. The number of nitrogen functional groups attached to an aromatic ring is 1. The highest BCUT2D eigenvalue weighted by Gasteiger charge is 2.48. The molecule has 0 saturated heterocycles. The fourth-order valence-electron chi connectivity index (χ4n) is 2.11. The maximum absolute atomic E-state index is 5.69. The van der Waals surface area contributed by atoms with Gasteiger partial charge in [-0.1, -0.05) is 19.1 Å². The molecule has 1 aromatic rings. The number of nitrogens with two attached hydrogens (primary N) is 1. The summed E-state index contributed by atoms with van der Waals surface area (Å²) >= 11 is 1.96. The van der Waals surface area contributed by atoms with Gasteiger partial charge in [0.15, 0.2) is 0 Å². The molecule has 76 valence electrons. The predicted molar refractivity (Wildman–Crippen MR) is 64.7 cm³/mol. The van der Waals surface area contributed by atoms with Gasteiger partial charge in [-0.2, -0.15) is 11.8 Å². The number of benzene rings is 1. The van der Waals surface area contributed by atoms with Crippen LogP contribution in [0.2, 0.25) is 0 Å². The highest BCUT2D eigenvalue weighted by Crippen LogP contribution is 2.54. The van der Waals surface area contributed by atoms with Crippen LogP contribution in [0.25, 0.3) is 0 Å². The quantitative estimate of drug-likeness (QED) is 0.771. The van der Waals surface area contributed by atoms with Crippen LogP contribution in [0.3, 0.4) is 0 Å². The van der Waals surface area contributed by atoms with Crippen LogP contribution in [0.4, 0.5) is 5.69 Å². The highest BCUT2D eigenvalue weighted by molar-refractivity contribution is 7.99. The van der Waals surface area contributed by atoms with E-state index in [-0.39, 0.29) is 0 Å². The van der Waals surface area contributed by atoms with E-state index in [9.17, 15) is 0 Å². The van der Waals surface area contributed by atoms with Gasteiger partial charge in [-0.15, -0.1) is 0 Å². The molecule has 2 rings (SSSR count). The topological polar surface area (TPSA) is 26.0 Å². The lowest BCUT2D eigenvalue weighted by Crippen LogP contribution is -2.19. The van der Waals surface area contributed by atoms with Gasteiger partial charge in [-0.25, -0.2) is 0 Å². The summed E-state index contributed by atoms with van der Waals surface area (Å²) < 4.78 is 0. The van der Waals surface area contributed by atoms with Crippen molar-refractivity contribution in [3.8, 4) is 0 Å². The smallest absolute Gasteiger partial charge is 0.0314 e. The summed E-state index contributed by atoms with van der Waals surface area (Å²) in [6, 6.07) is 8.41. The zero-order valence-corrected chi connectivity index (χ0v) is 9.60. The molecule has 0 radical (unpaired) electrons. The Hall–Kier alpha value is -0.630. The molecular formula is C12H17NS. The van der Waals surface area contributed by atoms with Crippen LogP contribution in [0.5, 0.6) is 0 Å². The van der Waals surface area contributed by atoms with E-state index in [0.717, 1.165) is 5.69 Å². The lowest BCUT2D eigenvalue weighted by molar-refractivity contribution is 0.683. The maximum Gasteiger partial charge on any atom is 0.0314 e. The second-order valence-electron chi connectivity index (χ2n) is 4.16. The average molecular weight is 207 g/mol. The fraction of sp³-hybridized carbons (Fsp3) is 0.500. The van der Waals surface area contributed by atoms with Crippen molar-refractivity contribution in [2.45, 2.75) is 30.4 Å². The number of hydrogen-bond donors (Lipinski definition) is 1. The monoisotopic (exact) mass is 207 g/mol. The number of rotatable bonds is 3. The van der Waals surface area contributed by atoms with Crippen LogP contribution < -0.4 is 5.73 Å². The van der Waals surface area contributed by atoms with Gasteiger partial charge in [-0.3, -0.25) is 0 Å². The summed E-state index contributed by atoms with van der Waals surface area (Å²) in [6.07, 6.45) is 4.86. The van der Waals surface area contributed by atoms with Crippen LogP contribution in [0.15, 0.2) is 24.3 Å². The zero-order chi connectivity index (χ0) is 10.2. The first-order valence-electron chi connectivity index (χ1n) is 5.08. The third kappa shape index (κ3) is 1.52. The number of hydrogen-bond acceptors (Lipinski definition) is 2. The van der Waals surface area contributed by atoms with E-state index in [1.54, 1.807) is 0 Å². The Morgan fingerprint density at radius 3 is 2.29 bits per heavy atom. The van der Waals surface area contributed by atoms with Gasteiger partial charge in [0, 0.05) is 16.4 Å². The second kappa shape index (κ2) is 3.50. The fourth-order valence-corrected chi connectivity index (χ4v) is 2.93. The van der Waals surface area contributed by atoms with Crippen molar-refractivity contribution in [1.82, 2.24) is 0 Å². The van der Waals surface area contributed by atoms with Crippen LogP contribution >= 0.6 is 11.8 Å². The molecule has 14 heavy (non-hydrogen) atoms. The Morgan fingerprint density at radius 2 is 1.86 bits per heavy atom. The summed E-state index contributed by atoms with van der Waals surface area (Å²) in [6.45, 7) is 2.33. The third-order valence-electron chi connectivity index (χ3n) is 3.41. The first-order chi connectivity index (χ1) is 6.69. The molecule has 0 bridgehead atoms. The van der Waals surface area contributed by atoms with Crippen molar-refractivity contribution < 1.29 is 0 Å². The van der Waals surface area contributed by atoms with Crippen molar-refractivity contribution in [1.29, 1.82) is 0 Å². The number of thioether (sulfide) groups is 1. The molecule has 0 aliphatic heterocycles. The van der Waals surface area contributed by atoms with E-state index < -0.39 is 0 Å². The van der Waals surface area contributed by atoms with E-state index >= 15 is 0 Å². The molecule has 2 N–H and O–H groups in total. The van der Waals surface area contributed by atoms with E-state index in [0.29, 0.717) is 10.7 Å². The van der Waals surface area contributed by atoms with Crippen molar-refractivity contribution in [2.24, 2.45) is 0 Å². The molecule has 1 atom stereocenters. The normalized spacial score (nSPS) is 20.4. The lowest BCUT2D eigenvalue weighted by atomic mass is 9.93. The highest BCUT2D eigenvalue weighted by atomic mass is 32.2. The minimum atomic E-state index is 0.452. The molecule has 2 heteroatoms. The third-order valence-corrected chi connectivity index (χ3v) is 4.56. The van der Waals surface area contributed by atoms with Gasteiger partial charge in [0.1, 0.15) is 0 Å². The van der Waals surface area contributed by atoms with Crippen molar-refractivity contribution in [2.75, 3.05) is 12.0 Å². The van der Waals surface area contributed by atoms with Gasteiger partial charge < -0.3 is 5.73 Å². The molecule has 1 fully saturated rings. The second-order valence-corrected chi connectivity index (χ2v) is 5.33. The number of anilines is 1. The molecule has 1 saturated carbocycles. The van der Waals surface area contributed by atoms with E-state index in [1.807, 2.05) is 23.9 Å². The first-order valence-corrected chi connectivity index (χ1v) is 6.37. The minimum Gasteiger partial charge on any atom is -0.399 e. The minimum absolute atomic E-state index is 0.452. The zero-order valence-electron chi connectivity index (χ0n) is 8.79. The summed E-state index contributed by atoms with van der Waals surface area (Å²) in [7, 11) is 0. The Bertz CT molecular complexity index is 314. The van der Waals surface area contributed by atoms with E-state index in [2.05, 4.69) is 25.3 Å². The average Bonchev–Trinajstić information content (AvgIpc) is 2.99. The van der Waals surface area contributed by atoms with Crippen LogP contribution in [-0.2, 0) is 5.41 Å². The van der Waals surface area contributed by atoms with Crippen LogP contribution in [-0.4, -0.2) is 11.5 Å². The Kier molecular flexibility index (Phi) is 2.48. The SMILES string of the molecule is CSC(C)C1(c2ccc(N)cc2)CC1. The van der Waals surface area contributed by atoms with E-state index in [4.69, 9.17) is 5.73 Å². The van der Waals surface area contributed by atoms with E-state index in [1.165, 1.54) is 18.4 Å². The Balaban J connectivity index is 2.26. The largest absolute Gasteiger partial charge is 0.399 e. The summed E-state index contributed by atoms with van der Waals surface area (Å²) in [5.41, 5.74) is 8.47. The standard InChI is InChI=1S/C12H17NS/c1-9(14-2)12(7-8-12)10-3-5-11(13)6-4-10/h3-6,9H,7-8,13H2,1-2H3. The molecule has 1 aliphatic rings. The molecule has 1 aromatic carbocycles. The Morgan fingerprint density at radius 1 is 1.29 bits per heavy atom. The van der Waals surface area contributed by atoms with Crippen molar-refractivity contribution in [3.05, 3.63) is 29.8 Å². The Labute approximate surface area is 90.1 Å². The summed E-state index contributed by atoms with van der Waals surface area (Å²) in [5.74, 6) is 0. The van der Waals surface area contributed by atoms with Crippen LogP contribution in [0.1, 0.15) is 25.3 Å².